The minimum Gasteiger partial charge on any atom is -0.372 e. The van der Waals surface area contributed by atoms with Crippen LogP contribution in [0.2, 0.25) is 0 Å². The Morgan fingerprint density at radius 1 is 0.958 bits per heavy atom. The monoisotopic (exact) mass is 319 g/mol. The summed E-state index contributed by atoms with van der Waals surface area (Å²) in [5.74, 6) is 0.789. The Balaban J connectivity index is 1.61. The zero-order chi connectivity index (χ0) is 16.5. The lowest BCUT2D eigenvalue weighted by atomic mass is 10.2. The van der Waals surface area contributed by atoms with E-state index in [-0.39, 0.29) is 0 Å². The second-order valence-electron chi connectivity index (χ2n) is 6.32. The van der Waals surface area contributed by atoms with Crippen LogP contribution in [0.3, 0.4) is 0 Å². The molecule has 4 rings (SSSR count). The highest BCUT2D eigenvalue weighted by Gasteiger charge is 2.12. The fraction of sp³-hybridized carbons (Fsp3) is 0.316. The summed E-state index contributed by atoms with van der Waals surface area (Å²) in [4.78, 5) is 7.01. The number of aromatic nitrogens is 2. The van der Waals surface area contributed by atoms with Crippen molar-refractivity contribution in [2.45, 2.75) is 26.7 Å². The molecule has 0 bridgehead atoms. The number of azo groups is 1. The van der Waals surface area contributed by atoms with Crippen LogP contribution in [0.1, 0.15) is 24.1 Å². The van der Waals surface area contributed by atoms with Gasteiger partial charge in [-0.3, -0.25) is 4.40 Å². The van der Waals surface area contributed by atoms with Crippen molar-refractivity contribution in [1.29, 1.82) is 0 Å². The average Bonchev–Trinajstić information content (AvgIpc) is 3.22. The van der Waals surface area contributed by atoms with Crippen LogP contribution in [0.15, 0.2) is 52.8 Å². The van der Waals surface area contributed by atoms with E-state index < -0.39 is 0 Å². The summed E-state index contributed by atoms with van der Waals surface area (Å²) in [5.41, 5.74) is 5.10. The van der Waals surface area contributed by atoms with Crippen molar-refractivity contribution in [3.63, 3.8) is 0 Å². The first-order chi connectivity index (χ1) is 11.7. The maximum absolute atomic E-state index is 4.59. The van der Waals surface area contributed by atoms with Crippen molar-refractivity contribution in [3.8, 4) is 0 Å². The van der Waals surface area contributed by atoms with Gasteiger partial charge in [-0.15, -0.1) is 10.2 Å². The number of nitrogens with zero attached hydrogens (tertiary/aromatic N) is 5. The number of rotatable bonds is 3. The van der Waals surface area contributed by atoms with E-state index in [0.29, 0.717) is 0 Å². The van der Waals surface area contributed by atoms with E-state index in [9.17, 15) is 0 Å². The lowest BCUT2D eigenvalue weighted by Crippen LogP contribution is -2.17. The fourth-order valence-corrected chi connectivity index (χ4v) is 3.24. The first-order valence-corrected chi connectivity index (χ1v) is 8.43. The minimum absolute atomic E-state index is 0.789. The molecule has 0 saturated carbocycles. The van der Waals surface area contributed by atoms with Crippen molar-refractivity contribution in [3.05, 3.63) is 53.9 Å². The number of benzene rings is 1. The van der Waals surface area contributed by atoms with Crippen molar-refractivity contribution < 1.29 is 0 Å². The SMILES string of the molecule is Cc1nc2c(C)cccn2c1N=Nc1ccc(N2CCCC2)cc1. The van der Waals surface area contributed by atoms with Crippen LogP contribution in [-0.4, -0.2) is 22.5 Å². The molecule has 0 N–H and O–H groups in total. The number of imidazole rings is 1. The molecule has 5 heteroatoms. The normalized spacial score (nSPS) is 15.0. The van der Waals surface area contributed by atoms with Crippen LogP contribution in [0, 0.1) is 13.8 Å². The summed E-state index contributed by atoms with van der Waals surface area (Å²) in [6.07, 6.45) is 4.55. The number of pyridine rings is 1. The zero-order valence-corrected chi connectivity index (χ0v) is 14.1. The first-order valence-electron chi connectivity index (χ1n) is 8.43. The number of aryl methyl sites for hydroxylation is 2. The van der Waals surface area contributed by atoms with E-state index in [1.54, 1.807) is 0 Å². The van der Waals surface area contributed by atoms with Gasteiger partial charge in [-0.25, -0.2) is 4.98 Å². The Morgan fingerprint density at radius 2 is 1.71 bits per heavy atom. The molecule has 3 aromatic rings. The number of hydrogen-bond donors (Lipinski definition) is 0. The molecule has 0 amide bonds. The molecule has 0 aliphatic carbocycles. The van der Waals surface area contributed by atoms with Gasteiger partial charge in [0.25, 0.3) is 0 Å². The van der Waals surface area contributed by atoms with Gasteiger partial charge < -0.3 is 4.90 Å². The summed E-state index contributed by atoms with van der Waals surface area (Å²) < 4.78 is 1.99. The predicted octanol–water partition coefficient (Wildman–Crippen LogP) is 4.97. The van der Waals surface area contributed by atoms with E-state index in [0.717, 1.165) is 41.5 Å². The van der Waals surface area contributed by atoms with Gasteiger partial charge in [-0.05, 0) is 62.6 Å². The number of fused-ring (bicyclic) bond motifs is 1. The highest BCUT2D eigenvalue weighted by molar-refractivity contribution is 5.57. The Bertz CT molecular complexity index is 886. The summed E-state index contributed by atoms with van der Waals surface area (Å²) >= 11 is 0. The molecule has 3 heterocycles. The molecule has 1 aromatic carbocycles. The van der Waals surface area contributed by atoms with Crippen LogP contribution in [0.4, 0.5) is 17.2 Å². The molecule has 5 nitrogen and oxygen atoms in total. The van der Waals surface area contributed by atoms with Crippen molar-refractivity contribution >= 4 is 22.8 Å². The van der Waals surface area contributed by atoms with Gasteiger partial charge in [0.2, 0.25) is 0 Å². The third-order valence-electron chi connectivity index (χ3n) is 4.57. The topological polar surface area (TPSA) is 45.3 Å². The van der Waals surface area contributed by atoms with Crippen LogP contribution in [0.25, 0.3) is 5.65 Å². The molecule has 2 aromatic heterocycles. The standard InChI is InChI=1S/C19H21N5/c1-14-6-5-13-24-18(14)20-15(2)19(24)22-21-16-7-9-17(10-8-16)23-11-3-4-12-23/h5-10,13H,3-4,11-12H2,1-2H3. The second kappa shape index (κ2) is 6.07. The average molecular weight is 319 g/mol. The molecule has 122 valence electrons. The lowest BCUT2D eigenvalue weighted by molar-refractivity contribution is 0.949. The Hall–Kier alpha value is -2.69. The quantitative estimate of drug-likeness (QED) is 0.640. The van der Waals surface area contributed by atoms with Gasteiger partial charge in [-0.1, -0.05) is 6.07 Å². The highest BCUT2D eigenvalue weighted by Crippen LogP contribution is 2.27. The van der Waals surface area contributed by atoms with Crippen LogP contribution >= 0.6 is 0 Å². The van der Waals surface area contributed by atoms with E-state index in [2.05, 4.69) is 45.2 Å². The zero-order valence-electron chi connectivity index (χ0n) is 14.1. The van der Waals surface area contributed by atoms with Crippen molar-refractivity contribution in [2.75, 3.05) is 18.0 Å². The Morgan fingerprint density at radius 3 is 2.46 bits per heavy atom. The van der Waals surface area contributed by atoms with Gasteiger partial charge in [0.1, 0.15) is 5.65 Å². The third-order valence-corrected chi connectivity index (χ3v) is 4.57. The van der Waals surface area contributed by atoms with Crippen LogP contribution in [-0.2, 0) is 0 Å². The molecule has 1 saturated heterocycles. The van der Waals surface area contributed by atoms with Crippen molar-refractivity contribution in [2.24, 2.45) is 10.2 Å². The largest absolute Gasteiger partial charge is 0.372 e. The molecule has 0 atom stereocenters. The van der Waals surface area contributed by atoms with E-state index in [1.807, 2.05) is 35.7 Å². The maximum Gasteiger partial charge on any atom is 0.182 e. The predicted molar refractivity (Wildman–Crippen MR) is 96.7 cm³/mol. The molecular formula is C19H21N5. The summed E-state index contributed by atoms with van der Waals surface area (Å²) in [6.45, 7) is 6.33. The summed E-state index contributed by atoms with van der Waals surface area (Å²) in [5, 5.41) is 8.85. The van der Waals surface area contributed by atoms with Crippen LogP contribution in [0.5, 0.6) is 0 Å². The molecule has 1 aliphatic heterocycles. The van der Waals surface area contributed by atoms with E-state index in [4.69, 9.17) is 0 Å². The fourth-order valence-electron chi connectivity index (χ4n) is 3.24. The van der Waals surface area contributed by atoms with Gasteiger partial charge in [-0.2, -0.15) is 0 Å². The first kappa shape index (κ1) is 14.9. The summed E-state index contributed by atoms with van der Waals surface area (Å²) in [7, 11) is 0. The Labute approximate surface area is 141 Å². The number of anilines is 1. The van der Waals surface area contributed by atoms with Crippen molar-refractivity contribution in [1.82, 2.24) is 9.38 Å². The molecule has 0 radical (unpaired) electrons. The van der Waals surface area contributed by atoms with Gasteiger partial charge in [0, 0.05) is 25.0 Å². The smallest absolute Gasteiger partial charge is 0.182 e. The molecule has 1 fully saturated rings. The minimum atomic E-state index is 0.789. The van der Waals surface area contributed by atoms with Gasteiger partial charge in [0.05, 0.1) is 11.4 Å². The Kier molecular flexibility index (Phi) is 3.76. The van der Waals surface area contributed by atoms with E-state index >= 15 is 0 Å². The summed E-state index contributed by atoms with van der Waals surface area (Å²) in [6, 6.07) is 12.4. The lowest BCUT2D eigenvalue weighted by Gasteiger charge is -2.17. The highest BCUT2D eigenvalue weighted by atomic mass is 15.2. The number of hydrogen-bond acceptors (Lipinski definition) is 4. The van der Waals surface area contributed by atoms with Gasteiger partial charge in [0.15, 0.2) is 5.82 Å². The maximum atomic E-state index is 4.59. The molecular weight excluding hydrogens is 298 g/mol. The molecule has 0 unspecified atom stereocenters. The van der Waals surface area contributed by atoms with Gasteiger partial charge >= 0.3 is 0 Å². The molecule has 24 heavy (non-hydrogen) atoms. The molecule has 1 aliphatic rings. The third kappa shape index (κ3) is 2.66. The molecule has 0 spiro atoms. The second-order valence-corrected chi connectivity index (χ2v) is 6.32. The van der Waals surface area contributed by atoms with Crippen LogP contribution < -0.4 is 4.90 Å². The van der Waals surface area contributed by atoms with E-state index in [1.165, 1.54) is 18.5 Å².